The first-order valence-electron chi connectivity index (χ1n) is 9.87. The lowest BCUT2D eigenvalue weighted by Gasteiger charge is -2.08. The first-order chi connectivity index (χ1) is 15.6. The Morgan fingerprint density at radius 2 is 2.06 bits per heavy atom. The predicted octanol–water partition coefficient (Wildman–Crippen LogP) is 4.01. The number of hydrogen-bond acceptors (Lipinski definition) is 6. The van der Waals surface area contributed by atoms with Crippen molar-refractivity contribution in [3.05, 3.63) is 88.0 Å². The molecule has 5 aromatic rings. The highest BCUT2D eigenvalue weighted by molar-refractivity contribution is 7.20. The summed E-state index contributed by atoms with van der Waals surface area (Å²) < 4.78 is 3.51. The second-order valence-electron chi connectivity index (χ2n) is 7.21. The summed E-state index contributed by atoms with van der Waals surface area (Å²) in [5.74, 6) is 0.494. The van der Waals surface area contributed by atoms with E-state index in [0.717, 1.165) is 27.0 Å². The van der Waals surface area contributed by atoms with E-state index in [4.69, 9.17) is 11.6 Å². The molecule has 5 rings (SSSR count). The Bertz CT molecular complexity index is 1390. The minimum Gasteiger partial charge on any atom is -0.347 e. The number of carbonyl (C=O) groups excluding carboxylic acids is 1. The maximum atomic E-state index is 12.9. The Kier molecular flexibility index (Phi) is 5.42. The molecular weight excluding hydrogens is 446 g/mol. The van der Waals surface area contributed by atoms with Gasteiger partial charge in [-0.15, -0.1) is 11.3 Å². The number of aromatic nitrogens is 6. The molecule has 0 saturated carbocycles. The molecule has 0 saturated heterocycles. The maximum Gasteiger partial charge on any atom is 0.261 e. The summed E-state index contributed by atoms with van der Waals surface area (Å²) in [7, 11) is 0. The van der Waals surface area contributed by atoms with Crippen molar-refractivity contribution in [3.63, 3.8) is 0 Å². The number of rotatable bonds is 6. The maximum absolute atomic E-state index is 12.9. The number of halogens is 1. The van der Waals surface area contributed by atoms with Gasteiger partial charge in [0.1, 0.15) is 17.5 Å². The van der Waals surface area contributed by atoms with E-state index in [-0.39, 0.29) is 5.91 Å². The summed E-state index contributed by atoms with van der Waals surface area (Å²) in [5, 5.41) is 13.4. The predicted molar refractivity (Wildman–Crippen MR) is 123 cm³/mol. The Morgan fingerprint density at radius 1 is 1.22 bits per heavy atom. The number of nitrogens with zero attached hydrogens (tertiary/aromatic N) is 6. The van der Waals surface area contributed by atoms with Gasteiger partial charge in [0, 0.05) is 28.7 Å². The van der Waals surface area contributed by atoms with E-state index in [9.17, 15) is 4.79 Å². The molecule has 0 radical (unpaired) electrons. The van der Waals surface area contributed by atoms with Crippen molar-refractivity contribution >= 4 is 39.1 Å². The molecule has 4 aromatic heterocycles. The monoisotopic (exact) mass is 463 g/mol. The third-order valence-electron chi connectivity index (χ3n) is 5.02. The molecule has 0 aliphatic carbocycles. The number of pyridine rings is 1. The van der Waals surface area contributed by atoms with Gasteiger partial charge in [-0.2, -0.15) is 10.2 Å². The van der Waals surface area contributed by atoms with Gasteiger partial charge in [-0.3, -0.25) is 9.48 Å². The summed E-state index contributed by atoms with van der Waals surface area (Å²) in [6.45, 7) is 2.89. The van der Waals surface area contributed by atoms with Crippen LogP contribution in [0.4, 0.5) is 0 Å². The molecule has 0 aliphatic rings. The van der Waals surface area contributed by atoms with Gasteiger partial charge >= 0.3 is 0 Å². The third kappa shape index (κ3) is 4.00. The first kappa shape index (κ1) is 20.3. The van der Waals surface area contributed by atoms with E-state index < -0.39 is 0 Å². The van der Waals surface area contributed by atoms with Crippen molar-refractivity contribution in [2.24, 2.45) is 0 Å². The first-order valence-corrected chi connectivity index (χ1v) is 11.1. The smallest absolute Gasteiger partial charge is 0.261 e. The third-order valence-corrected chi connectivity index (χ3v) is 6.42. The lowest BCUT2D eigenvalue weighted by atomic mass is 10.2. The summed E-state index contributed by atoms with van der Waals surface area (Å²) in [4.78, 5) is 22.8. The van der Waals surface area contributed by atoms with E-state index >= 15 is 0 Å². The molecule has 10 heteroatoms. The van der Waals surface area contributed by atoms with Crippen LogP contribution in [0.3, 0.4) is 0 Å². The SMILES string of the molecule is Cc1nn(Cc2ccc(Cl)cc2)c2sc(C(=O)NCc3cccnc3-n3cncn3)cc12. The standard InChI is InChI=1S/C22H18ClN7OS/c1-14-18-9-19(32-22(18)29(28-14)11-15-4-6-17(23)7-5-15)21(31)26-10-16-3-2-8-25-20(16)30-13-24-12-27-30/h2-9,12-13H,10-11H2,1H3,(H,26,31). The second-order valence-corrected chi connectivity index (χ2v) is 8.67. The quantitative estimate of drug-likeness (QED) is 0.411. The zero-order valence-corrected chi connectivity index (χ0v) is 18.6. The lowest BCUT2D eigenvalue weighted by Crippen LogP contribution is -2.23. The van der Waals surface area contributed by atoms with Crippen LogP contribution in [0.5, 0.6) is 0 Å². The van der Waals surface area contributed by atoms with Crippen molar-refractivity contribution in [1.29, 1.82) is 0 Å². The molecule has 160 valence electrons. The summed E-state index contributed by atoms with van der Waals surface area (Å²) in [5.41, 5.74) is 2.83. The summed E-state index contributed by atoms with van der Waals surface area (Å²) in [6, 6.07) is 13.3. The van der Waals surface area contributed by atoms with Gasteiger partial charge in [-0.05, 0) is 36.8 Å². The Labute approximate surface area is 192 Å². The summed E-state index contributed by atoms with van der Waals surface area (Å²) in [6.07, 6.45) is 4.71. The molecule has 0 spiro atoms. The molecule has 1 aromatic carbocycles. The number of thiophene rings is 1. The van der Waals surface area contributed by atoms with E-state index in [1.54, 1.807) is 17.2 Å². The highest BCUT2D eigenvalue weighted by Gasteiger charge is 2.17. The number of aryl methyl sites for hydroxylation is 1. The Balaban J connectivity index is 1.35. The summed E-state index contributed by atoms with van der Waals surface area (Å²) >= 11 is 7.42. The number of hydrogen-bond donors (Lipinski definition) is 1. The molecule has 0 aliphatic heterocycles. The van der Waals surface area contributed by atoms with E-state index in [0.29, 0.717) is 28.8 Å². The number of carbonyl (C=O) groups is 1. The average Bonchev–Trinajstić information content (AvgIpc) is 3.53. The molecular formula is C22H18ClN7OS. The van der Waals surface area contributed by atoms with Crippen LogP contribution in [0, 0.1) is 6.92 Å². The van der Waals surface area contributed by atoms with Gasteiger partial charge in [0.05, 0.1) is 17.1 Å². The largest absolute Gasteiger partial charge is 0.347 e. The highest BCUT2D eigenvalue weighted by Crippen LogP contribution is 2.29. The number of amides is 1. The van der Waals surface area contributed by atoms with Gasteiger partial charge in [0.25, 0.3) is 5.91 Å². The fourth-order valence-corrected chi connectivity index (χ4v) is 4.65. The van der Waals surface area contributed by atoms with Crippen molar-refractivity contribution in [3.8, 4) is 5.82 Å². The van der Waals surface area contributed by atoms with E-state index in [2.05, 4.69) is 25.5 Å². The highest BCUT2D eigenvalue weighted by atomic mass is 35.5. The average molecular weight is 464 g/mol. The van der Waals surface area contributed by atoms with Crippen LogP contribution in [0.15, 0.2) is 61.3 Å². The van der Waals surface area contributed by atoms with Gasteiger partial charge in [0.2, 0.25) is 0 Å². The number of benzene rings is 1. The molecule has 0 bridgehead atoms. The fraction of sp³-hybridized carbons (Fsp3) is 0.136. The van der Waals surface area contributed by atoms with Crippen molar-refractivity contribution in [2.45, 2.75) is 20.0 Å². The molecule has 0 atom stereocenters. The van der Waals surface area contributed by atoms with Gasteiger partial charge in [-0.25, -0.2) is 14.6 Å². The zero-order chi connectivity index (χ0) is 22.1. The minimum atomic E-state index is -0.142. The van der Waals surface area contributed by atoms with E-state index in [1.807, 2.05) is 54.1 Å². The van der Waals surface area contributed by atoms with Crippen LogP contribution in [-0.2, 0) is 13.1 Å². The molecule has 1 amide bonds. The molecule has 1 N–H and O–H groups in total. The van der Waals surface area contributed by atoms with E-state index in [1.165, 1.54) is 17.7 Å². The zero-order valence-electron chi connectivity index (χ0n) is 17.1. The Morgan fingerprint density at radius 3 is 2.84 bits per heavy atom. The molecule has 8 nitrogen and oxygen atoms in total. The van der Waals surface area contributed by atoms with Gasteiger partial charge in [0.15, 0.2) is 5.82 Å². The van der Waals surface area contributed by atoms with Crippen LogP contribution >= 0.6 is 22.9 Å². The second kappa shape index (κ2) is 8.52. The fourth-order valence-electron chi connectivity index (χ4n) is 3.45. The van der Waals surface area contributed by atoms with Gasteiger partial charge < -0.3 is 5.32 Å². The molecule has 4 heterocycles. The minimum absolute atomic E-state index is 0.142. The van der Waals surface area contributed by atoms with Crippen molar-refractivity contribution < 1.29 is 4.79 Å². The van der Waals surface area contributed by atoms with Crippen LogP contribution in [0.1, 0.15) is 26.5 Å². The number of fused-ring (bicyclic) bond motifs is 1. The van der Waals surface area contributed by atoms with Crippen molar-refractivity contribution in [1.82, 2.24) is 34.8 Å². The normalized spacial score (nSPS) is 11.2. The topological polar surface area (TPSA) is 90.5 Å². The van der Waals surface area contributed by atoms with Crippen LogP contribution in [-0.4, -0.2) is 35.4 Å². The van der Waals surface area contributed by atoms with Crippen LogP contribution < -0.4 is 5.32 Å². The van der Waals surface area contributed by atoms with Crippen molar-refractivity contribution in [2.75, 3.05) is 0 Å². The van der Waals surface area contributed by atoms with Crippen LogP contribution in [0.25, 0.3) is 16.0 Å². The molecule has 0 fully saturated rings. The van der Waals surface area contributed by atoms with Gasteiger partial charge in [-0.1, -0.05) is 29.8 Å². The van der Waals surface area contributed by atoms with Crippen LogP contribution in [0.2, 0.25) is 5.02 Å². The molecule has 0 unspecified atom stereocenters. The Hall–Kier alpha value is -3.56. The lowest BCUT2D eigenvalue weighted by molar-refractivity contribution is 0.0955. The number of nitrogens with one attached hydrogen (secondary N) is 1. The molecule has 32 heavy (non-hydrogen) atoms.